The van der Waals surface area contributed by atoms with Gasteiger partial charge in [0.05, 0.1) is 18.8 Å². The molecular weight excluding hydrogens is 453 g/mol. The molecule has 0 atom stereocenters. The molecule has 21 heavy (non-hydrogen) atoms. The number of nitrogens with one attached hydrogen (secondary N) is 1. The molecule has 5 nitrogen and oxygen atoms in total. The second kappa shape index (κ2) is 6.03. The zero-order valence-corrected chi connectivity index (χ0v) is 14.7. The Bertz CT molecular complexity index is 820. The van der Waals surface area contributed by atoms with Crippen molar-refractivity contribution >= 4 is 64.9 Å². The molecule has 1 heterocycles. The third-order valence-electron chi connectivity index (χ3n) is 2.37. The zero-order valence-electron chi connectivity index (χ0n) is 9.93. The van der Waals surface area contributed by atoms with Gasteiger partial charge in [0.25, 0.3) is 10.0 Å². The van der Waals surface area contributed by atoms with E-state index in [-0.39, 0.29) is 16.1 Å². The largest absolute Gasteiger partial charge is 0.478 e. The van der Waals surface area contributed by atoms with Crippen molar-refractivity contribution in [3.63, 3.8) is 0 Å². The lowest BCUT2D eigenvalue weighted by atomic mass is 10.2. The fourth-order valence-electron chi connectivity index (χ4n) is 1.50. The Morgan fingerprint density at radius 2 is 1.95 bits per heavy atom. The molecule has 0 amide bonds. The molecule has 0 aliphatic rings. The van der Waals surface area contributed by atoms with Crippen LogP contribution in [0.5, 0.6) is 0 Å². The second-order valence-corrected chi connectivity index (χ2v) is 9.19. The predicted octanol–water partition coefficient (Wildman–Crippen LogP) is 3.91. The lowest BCUT2D eigenvalue weighted by Gasteiger charge is -2.10. The molecule has 0 aliphatic heterocycles. The smallest absolute Gasteiger partial charge is 0.337 e. The fourth-order valence-corrected chi connectivity index (χ4v) is 6.38. The van der Waals surface area contributed by atoms with Gasteiger partial charge in [-0.25, -0.2) is 17.6 Å². The molecule has 0 aliphatic carbocycles. The van der Waals surface area contributed by atoms with Gasteiger partial charge in [-0.05, 0) is 56.1 Å². The number of carbonyl (C=O) groups is 1. The van der Waals surface area contributed by atoms with E-state index in [0.717, 1.165) is 29.5 Å². The quantitative estimate of drug-likeness (QED) is 0.727. The minimum Gasteiger partial charge on any atom is -0.478 e. The number of carboxylic acids is 1. The molecule has 2 rings (SSSR count). The topological polar surface area (TPSA) is 83.5 Å². The second-order valence-electron chi connectivity index (χ2n) is 3.79. The van der Waals surface area contributed by atoms with Crippen molar-refractivity contribution in [3.8, 4) is 0 Å². The van der Waals surface area contributed by atoms with E-state index in [9.17, 15) is 17.6 Å². The van der Waals surface area contributed by atoms with Crippen molar-refractivity contribution < 1.29 is 22.7 Å². The highest BCUT2D eigenvalue weighted by Gasteiger charge is 2.23. The molecule has 0 saturated heterocycles. The first-order chi connectivity index (χ1) is 9.70. The summed E-state index contributed by atoms with van der Waals surface area (Å²) < 4.78 is 40.7. The van der Waals surface area contributed by atoms with Crippen molar-refractivity contribution in [2.45, 2.75) is 4.90 Å². The standard InChI is InChI=1S/C11H6Br2FNO4S2/c12-9-4-8(10(13)20-9)21(18,19)15-7-3-5(14)1-2-6(7)11(16)17/h1-4,15H,(H,16,17). The summed E-state index contributed by atoms with van der Waals surface area (Å²) in [4.78, 5) is 11.0. The first kappa shape index (κ1) is 16.4. The summed E-state index contributed by atoms with van der Waals surface area (Å²) >= 11 is 7.40. The van der Waals surface area contributed by atoms with Gasteiger partial charge in [-0.2, -0.15) is 0 Å². The van der Waals surface area contributed by atoms with Gasteiger partial charge in [-0.3, -0.25) is 4.72 Å². The summed E-state index contributed by atoms with van der Waals surface area (Å²) in [5.74, 6) is -2.11. The zero-order chi connectivity index (χ0) is 15.8. The molecule has 112 valence electrons. The number of anilines is 1. The Morgan fingerprint density at radius 1 is 1.29 bits per heavy atom. The van der Waals surface area contributed by atoms with Crippen LogP contribution in [-0.4, -0.2) is 19.5 Å². The van der Waals surface area contributed by atoms with E-state index in [0.29, 0.717) is 7.57 Å². The van der Waals surface area contributed by atoms with Crippen LogP contribution in [0.25, 0.3) is 0 Å². The molecule has 2 aromatic rings. The Kier molecular flexibility index (Phi) is 4.71. The van der Waals surface area contributed by atoms with E-state index in [1.807, 2.05) is 0 Å². The average molecular weight is 459 g/mol. The number of hydrogen-bond acceptors (Lipinski definition) is 4. The van der Waals surface area contributed by atoms with Crippen LogP contribution < -0.4 is 4.72 Å². The lowest BCUT2D eigenvalue weighted by Crippen LogP contribution is -2.15. The Hall–Kier alpha value is -0.970. The molecule has 2 N–H and O–H groups in total. The first-order valence-electron chi connectivity index (χ1n) is 5.21. The third-order valence-corrected chi connectivity index (χ3v) is 6.49. The summed E-state index contributed by atoms with van der Waals surface area (Å²) in [6, 6.07) is 4.11. The monoisotopic (exact) mass is 457 g/mol. The van der Waals surface area contributed by atoms with Crippen LogP contribution in [-0.2, 0) is 10.0 Å². The SMILES string of the molecule is O=C(O)c1ccc(F)cc1NS(=O)(=O)c1cc(Br)sc1Br. The summed E-state index contributed by atoms with van der Waals surface area (Å²) in [6.45, 7) is 0. The fraction of sp³-hybridized carbons (Fsp3) is 0. The van der Waals surface area contributed by atoms with E-state index >= 15 is 0 Å². The van der Waals surface area contributed by atoms with Gasteiger partial charge in [-0.1, -0.05) is 0 Å². The average Bonchev–Trinajstić information content (AvgIpc) is 2.68. The van der Waals surface area contributed by atoms with Gasteiger partial charge in [0.1, 0.15) is 10.7 Å². The molecule has 0 spiro atoms. The summed E-state index contributed by atoms with van der Waals surface area (Å²) in [7, 11) is -4.04. The number of benzene rings is 1. The van der Waals surface area contributed by atoms with E-state index < -0.39 is 21.8 Å². The van der Waals surface area contributed by atoms with Gasteiger partial charge in [-0.15, -0.1) is 11.3 Å². The maximum atomic E-state index is 13.2. The van der Waals surface area contributed by atoms with Gasteiger partial charge < -0.3 is 5.11 Å². The number of aromatic carboxylic acids is 1. The van der Waals surface area contributed by atoms with E-state index in [2.05, 4.69) is 36.6 Å². The molecule has 0 saturated carbocycles. The molecule has 10 heteroatoms. The molecule has 1 aromatic carbocycles. The Labute approximate surface area is 140 Å². The van der Waals surface area contributed by atoms with Crippen LogP contribution in [0.1, 0.15) is 10.4 Å². The van der Waals surface area contributed by atoms with Crippen LogP contribution in [0.3, 0.4) is 0 Å². The van der Waals surface area contributed by atoms with Gasteiger partial charge in [0, 0.05) is 0 Å². The number of halogens is 3. The molecule has 0 radical (unpaired) electrons. The van der Waals surface area contributed by atoms with Crippen molar-refractivity contribution in [1.82, 2.24) is 0 Å². The van der Waals surface area contributed by atoms with Crippen LogP contribution in [0, 0.1) is 5.82 Å². The number of rotatable bonds is 4. The van der Waals surface area contributed by atoms with E-state index in [4.69, 9.17) is 5.11 Å². The molecule has 0 fully saturated rings. The highest BCUT2D eigenvalue weighted by atomic mass is 79.9. The Balaban J connectivity index is 2.48. The number of sulfonamides is 1. The molecular formula is C11H6Br2FNO4S2. The van der Waals surface area contributed by atoms with Crippen LogP contribution >= 0.6 is 43.2 Å². The lowest BCUT2D eigenvalue weighted by molar-refractivity contribution is 0.0698. The minimum absolute atomic E-state index is 0.0695. The highest BCUT2D eigenvalue weighted by molar-refractivity contribution is 9.12. The van der Waals surface area contributed by atoms with Crippen LogP contribution in [0.15, 0.2) is 36.7 Å². The van der Waals surface area contributed by atoms with Crippen molar-refractivity contribution in [2.75, 3.05) is 4.72 Å². The number of thiophene rings is 1. The maximum absolute atomic E-state index is 13.2. The third kappa shape index (κ3) is 3.62. The van der Waals surface area contributed by atoms with Gasteiger partial charge in [0.15, 0.2) is 0 Å². The molecule has 0 bridgehead atoms. The van der Waals surface area contributed by atoms with Crippen LogP contribution in [0.2, 0.25) is 0 Å². The highest BCUT2D eigenvalue weighted by Crippen LogP contribution is 2.36. The minimum atomic E-state index is -4.04. The van der Waals surface area contributed by atoms with Gasteiger partial charge >= 0.3 is 5.97 Å². The predicted molar refractivity (Wildman–Crippen MR) is 83.9 cm³/mol. The van der Waals surface area contributed by atoms with Crippen molar-refractivity contribution in [1.29, 1.82) is 0 Å². The van der Waals surface area contributed by atoms with Gasteiger partial charge in [0.2, 0.25) is 0 Å². The normalized spacial score (nSPS) is 11.4. The van der Waals surface area contributed by atoms with Crippen molar-refractivity contribution in [2.24, 2.45) is 0 Å². The Morgan fingerprint density at radius 3 is 2.48 bits per heavy atom. The van der Waals surface area contributed by atoms with E-state index in [1.54, 1.807) is 0 Å². The molecule has 1 aromatic heterocycles. The first-order valence-corrected chi connectivity index (χ1v) is 9.10. The summed E-state index contributed by atoms with van der Waals surface area (Å²) in [6.07, 6.45) is 0. The van der Waals surface area contributed by atoms with Crippen LogP contribution in [0.4, 0.5) is 10.1 Å². The number of hydrogen-bond donors (Lipinski definition) is 2. The summed E-state index contributed by atoms with van der Waals surface area (Å²) in [5, 5.41) is 9.01. The number of carboxylic acid groups (broad SMARTS) is 1. The summed E-state index contributed by atoms with van der Waals surface area (Å²) in [5.41, 5.74) is -0.679. The van der Waals surface area contributed by atoms with Crippen molar-refractivity contribution in [3.05, 3.63) is 43.2 Å². The maximum Gasteiger partial charge on any atom is 0.337 e. The van der Waals surface area contributed by atoms with E-state index in [1.165, 1.54) is 6.07 Å². The molecule has 0 unspecified atom stereocenters.